The van der Waals surface area contributed by atoms with Crippen LogP contribution in [0.25, 0.3) is 12.2 Å². The zero-order valence-corrected chi connectivity index (χ0v) is 49.3. The Morgan fingerprint density at radius 2 is 0.875 bits per heavy atom. The van der Waals surface area contributed by atoms with E-state index in [4.69, 9.17) is 29.4 Å². The van der Waals surface area contributed by atoms with Crippen LogP contribution in [0, 0.1) is 13.8 Å². The van der Waals surface area contributed by atoms with Crippen LogP contribution in [0.3, 0.4) is 0 Å². The van der Waals surface area contributed by atoms with E-state index in [-0.39, 0.29) is 63.9 Å². The molecule has 0 aromatic heterocycles. The molecule has 0 saturated heterocycles. The Bertz CT molecular complexity index is 2410. The number of nitrogens with two attached hydrogens (primary N) is 1. The van der Waals surface area contributed by atoms with E-state index in [9.17, 15) is 14.7 Å². The minimum Gasteiger partial charge on any atom is -0.850 e. The molecular weight excluding hydrogens is 928 g/mol. The van der Waals surface area contributed by atoms with Gasteiger partial charge in [0.25, 0.3) is 0 Å². The van der Waals surface area contributed by atoms with Crippen LogP contribution in [0.2, 0.25) is 0 Å². The van der Waals surface area contributed by atoms with E-state index >= 15 is 0 Å². The molecule has 0 radical (unpaired) electrons. The summed E-state index contributed by atoms with van der Waals surface area (Å²) in [6.45, 7) is 31.3. The van der Waals surface area contributed by atoms with Gasteiger partial charge in [0.2, 0.25) is 5.91 Å². The summed E-state index contributed by atoms with van der Waals surface area (Å²) in [6, 6.07) is 26.7. The number of hydrogen-bond acceptors (Lipinski definition) is 9. The fourth-order valence-electron chi connectivity index (χ4n) is 4.99. The molecule has 384 valence electrons. The molecule has 0 spiro atoms. The molecule has 11 heteroatoms. The Hall–Kier alpha value is -5.40. The zero-order chi connectivity index (χ0) is 53.4. The molecule has 4 rings (SSSR count). The first-order valence-corrected chi connectivity index (χ1v) is 23.8. The van der Waals surface area contributed by atoms with Crippen LogP contribution in [0.5, 0.6) is 23.0 Å². The third kappa shape index (κ3) is 36.5. The number of nitrogen functional groups attached to an aromatic ring is 1. The van der Waals surface area contributed by atoms with Crippen LogP contribution < -0.4 is 86.5 Å². The second-order valence-corrected chi connectivity index (χ2v) is 18.7. The van der Waals surface area contributed by atoms with Crippen LogP contribution in [-0.4, -0.2) is 50.5 Å². The molecule has 0 unspecified atom stereocenters. The van der Waals surface area contributed by atoms with Gasteiger partial charge in [0, 0.05) is 46.8 Å². The van der Waals surface area contributed by atoms with Crippen LogP contribution in [0.4, 0.5) is 11.4 Å². The Kier molecular flexibility index (Phi) is 34.6. The van der Waals surface area contributed by atoms with Gasteiger partial charge in [0.15, 0.2) is 0 Å². The first-order valence-electron chi connectivity index (χ1n) is 23.8. The maximum absolute atomic E-state index is 12.3. The fraction of sp³-hybridized carbons (Fsp3) is 0.344. The molecule has 0 aliphatic rings. The van der Waals surface area contributed by atoms with E-state index in [1.165, 1.54) is 40.0 Å². The van der Waals surface area contributed by atoms with Crippen LogP contribution in [-0.2, 0) is 14.3 Å². The van der Waals surface area contributed by atoms with Crippen molar-refractivity contribution in [1.29, 1.82) is 0 Å². The number of anilines is 2. The number of nitrogens with one attached hydrogen (secondary N) is 1. The monoisotopic (exact) mass is 1010 g/mol. The SMILES string of the molecule is CC(C)(C)[O-].CC(C)=CCOC(=O)/C=C/c1ccc(OCC=C(C)C)cc1OCC=C(C)C.CC(C)=CCOc1ccc(/C=C/C(=O)Nc2ccc(C)cc2)c(OCC=C(C)C)c1.Cc1ccc(N)cc1.[K+]. The molecule has 0 saturated carbocycles. The van der Waals surface area contributed by atoms with Gasteiger partial charge < -0.3 is 39.8 Å². The topological polar surface area (TPSA) is 141 Å². The third-order valence-electron chi connectivity index (χ3n) is 8.84. The van der Waals surface area contributed by atoms with Crippen molar-refractivity contribution < 1.29 is 89.8 Å². The molecule has 10 nitrogen and oxygen atoms in total. The zero-order valence-electron chi connectivity index (χ0n) is 46.2. The van der Waals surface area contributed by atoms with Crippen molar-refractivity contribution in [3.05, 3.63) is 178 Å². The second-order valence-electron chi connectivity index (χ2n) is 18.7. The summed E-state index contributed by atoms with van der Waals surface area (Å²) in [4.78, 5) is 24.1. The molecule has 0 fully saturated rings. The number of allylic oxidation sites excluding steroid dienone is 5. The summed E-state index contributed by atoms with van der Waals surface area (Å²) in [6.07, 6.45) is 16.3. The molecule has 0 bridgehead atoms. The molecule has 4 aromatic carbocycles. The number of benzene rings is 4. The normalized spacial score (nSPS) is 10.2. The van der Waals surface area contributed by atoms with Crippen LogP contribution in [0.1, 0.15) is 112 Å². The van der Waals surface area contributed by atoms with Gasteiger partial charge in [-0.2, -0.15) is 0 Å². The molecule has 3 N–H and O–H groups in total. The standard InChI is InChI=1S/C26H31NO3.C24H32O4.C7H9N.C4H9O.K/c1-19(2)14-16-29-24-12-8-22(25(18-24)30-17-15-20(3)4)9-13-26(28)27-23-10-6-21(5)7-11-23;1-18(2)11-14-26-22-9-7-21(23(17-22)27-15-12-19(3)4)8-10-24(25)28-16-13-20(5)6;1-6-2-4-7(8)5-3-6;1-4(2,3)5;/h6-15,18H,16-17H2,1-5H3,(H,27,28);7-13,17H,14-16H2,1-6H3;2-5H,8H2,1H3;1-3H3;/q;;;-1;+1/b13-9+;10-8+;;;. The predicted molar refractivity (Wildman–Crippen MR) is 296 cm³/mol. The number of carbonyl (C=O) groups excluding carboxylic acids is 2. The average Bonchev–Trinajstić information content (AvgIpc) is 3.27. The predicted octanol–water partition coefficient (Wildman–Crippen LogP) is 11.0. The number of rotatable bonds is 19. The van der Waals surface area contributed by atoms with Crippen LogP contribution in [0.15, 0.2) is 155 Å². The number of amides is 1. The van der Waals surface area contributed by atoms with Gasteiger partial charge in [-0.15, -0.1) is 5.60 Å². The summed E-state index contributed by atoms with van der Waals surface area (Å²) >= 11 is 0. The van der Waals surface area contributed by atoms with Crippen molar-refractivity contribution in [2.24, 2.45) is 0 Å². The Morgan fingerprint density at radius 1 is 0.528 bits per heavy atom. The van der Waals surface area contributed by atoms with Crippen LogP contribution >= 0.6 is 0 Å². The van der Waals surface area contributed by atoms with Crippen molar-refractivity contribution in [3.8, 4) is 23.0 Å². The maximum atomic E-state index is 12.3. The largest absolute Gasteiger partial charge is 1.00 e. The van der Waals surface area contributed by atoms with Gasteiger partial charge in [-0.1, -0.05) is 84.0 Å². The second kappa shape index (κ2) is 37.4. The summed E-state index contributed by atoms with van der Waals surface area (Å²) in [7, 11) is 0. The minimum absolute atomic E-state index is 0. The van der Waals surface area contributed by atoms with E-state index in [0.717, 1.165) is 39.4 Å². The first-order chi connectivity index (χ1) is 33.4. The molecule has 0 atom stereocenters. The summed E-state index contributed by atoms with van der Waals surface area (Å²) in [5.41, 5.74) is 16.1. The average molecular weight is 1010 g/mol. The molecule has 4 aromatic rings. The first kappa shape index (κ1) is 66.6. The quantitative estimate of drug-likeness (QED) is 0.0309. The van der Waals surface area contributed by atoms with Gasteiger partial charge in [-0.05, 0) is 174 Å². The molecule has 1 amide bonds. The van der Waals surface area contributed by atoms with E-state index in [0.29, 0.717) is 43.7 Å². The summed E-state index contributed by atoms with van der Waals surface area (Å²) < 4.78 is 28.5. The van der Waals surface area contributed by atoms with Gasteiger partial charge in [-0.25, -0.2) is 4.79 Å². The molecule has 0 aliphatic heterocycles. The van der Waals surface area contributed by atoms with E-state index in [1.54, 1.807) is 32.9 Å². The Labute approximate surface area is 475 Å². The van der Waals surface area contributed by atoms with Gasteiger partial charge >= 0.3 is 57.4 Å². The van der Waals surface area contributed by atoms with Crippen molar-refractivity contribution in [2.45, 2.75) is 109 Å². The van der Waals surface area contributed by atoms with Crippen molar-refractivity contribution >= 4 is 35.4 Å². The maximum Gasteiger partial charge on any atom is 1.00 e. The van der Waals surface area contributed by atoms with E-state index in [2.05, 4.69) is 5.32 Å². The van der Waals surface area contributed by atoms with Crippen molar-refractivity contribution in [2.75, 3.05) is 44.1 Å². The third-order valence-corrected chi connectivity index (χ3v) is 8.84. The number of hydrogen-bond donors (Lipinski definition) is 2. The number of aryl methyl sites for hydroxylation is 2. The molecular formula is C61H81KN2O8. The summed E-state index contributed by atoms with van der Waals surface area (Å²) in [5, 5.41) is 13.0. The number of carbonyl (C=O) groups is 2. The number of esters is 1. The van der Waals surface area contributed by atoms with E-state index in [1.807, 2.05) is 198 Å². The van der Waals surface area contributed by atoms with Crippen molar-refractivity contribution in [1.82, 2.24) is 0 Å². The van der Waals surface area contributed by atoms with Gasteiger partial charge in [0.1, 0.15) is 56.0 Å². The smallest absolute Gasteiger partial charge is 0.850 e. The molecule has 0 aliphatic carbocycles. The van der Waals surface area contributed by atoms with E-state index < -0.39 is 11.6 Å². The Balaban J connectivity index is 0.00000111. The fourth-order valence-corrected chi connectivity index (χ4v) is 4.99. The number of ether oxygens (including phenoxy) is 5. The Morgan fingerprint density at radius 3 is 1.25 bits per heavy atom. The van der Waals surface area contributed by atoms with Crippen molar-refractivity contribution in [3.63, 3.8) is 0 Å². The summed E-state index contributed by atoms with van der Waals surface area (Å²) in [5.74, 6) is 2.17. The molecule has 0 heterocycles. The minimum atomic E-state index is -0.750. The molecule has 72 heavy (non-hydrogen) atoms. The van der Waals surface area contributed by atoms with Gasteiger partial charge in [0.05, 0.1) is 0 Å². The van der Waals surface area contributed by atoms with Gasteiger partial charge in [-0.3, -0.25) is 4.79 Å².